The van der Waals surface area contributed by atoms with Gasteiger partial charge in [0.15, 0.2) is 0 Å². The van der Waals surface area contributed by atoms with E-state index in [4.69, 9.17) is 5.11 Å². The van der Waals surface area contributed by atoms with Crippen molar-refractivity contribution in [3.8, 4) is 0 Å². The summed E-state index contributed by atoms with van der Waals surface area (Å²) < 4.78 is 0. The maximum absolute atomic E-state index is 8.85. The monoisotopic (exact) mass is 214 g/mol. The van der Waals surface area contributed by atoms with Gasteiger partial charge in [0.05, 0.1) is 0 Å². The molecule has 2 N–H and O–H groups in total. The number of likely N-dealkylation sites (tertiary alicyclic amines) is 1. The summed E-state index contributed by atoms with van der Waals surface area (Å²) in [5.41, 5.74) is 0. The first-order valence-corrected chi connectivity index (χ1v) is 6.28. The van der Waals surface area contributed by atoms with Gasteiger partial charge in [-0.25, -0.2) is 0 Å². The third kappa shape index (κ3) is 4.09. The van der Waals surface area contributed by atoms with E-state index in [1.807, 2.05) is 0 Å². The van der Waals surface area contributed by atoms with Crippen molar-refractivity contribution in [2.75, 3.05) is 19.7 Å². The molecule has 0 amide bonds. The van der Waals surface area contributed by atoms with Crippen LogP contribution in [-0.2, 0) is 0 Å². The normalized spacial score (nSPS) is 30.4. The van der Waals surface area contributed by atoms with Gasteiger partial charge in [-0.3, -0.25) is 0 Å². The lowest BCUT2D eigenvalue weighted by Crippen LogP contribution is -2.49. The fraction of sp³-hybridized carbons (Fsp3) is 1.00. The summed E-state index contributed by atoms with van der Waals surface area (Å²) in [6.07, 6.45) is 3.35. The quantitative estimate of drug-likeness (QED) is 0.722. The van der Waals surface area contributed by atoms with Gasteiger partial charge in [0, 0.05) is 24.7 Å². The highest BCUT2D eigenvalue weighted by atomic mass is 16.3. The molecular formula is C12H26N2O. The Morgan fingerprint density at radius 2 is 2.27 bits per heavy atom. The van der Waals surface area contributed by atoms with Crippen LogP contribution < -0.4 is 5.32 Å². The van der Waals surface area contributed by atoms with E-state index in [1.165, 1.54) is 25.9 Å². The van der Waals surface area contributed by atoms with E-state index < -0.39 is 0 Å². The maximum Gasteiger partial charge on any atom is 0.0445 e. The van der Waals surface area contributed by atoms with Crippen molar-refractivity contribution in [2.24, 2.45) is 0 Å². The van der Waals surface area contributed by atoms with E-state index in [0.717, 1.165) is 6.42 Å². The minimum atomic E-state index is 0.289. The number of hydrogen-bond acceptors (Lipinski definition) is 3. The molecule has 1 rings (SSSR count). The van der Waals surface area contributed by atoms with Crippen LogP contribution in [0, 0.1) is 0 Å². The first kappa shape index (κ1) is 12.9. The van der Waals surface area contributed by atoms with Gasteiger partial charge in [0.2, 0.25) is 0 Å². The Balaban J connectivity index is 2.28. The molecule has 0 aliphatic carbocycles. The number of nitrogens with zero attached hydrogens (tertiary/aromatic N) is 1. The average molecular weight is 214 g/mol. The standard InChI is InChI=1S/C12H26N2O/c1-4-14-7-5-12(9-11(14)3)13-10(2)6-8-15/h10-13,15H,4-9H2,1-3H3/t10-,11?,12?/m1/s1. The molecule has 0 aromatic heterocycles. The van der Waals surface area contributed by atoms with Gasteiger partial charge < -0.3 is 15.3 Å². The van der Waals surface area contributed by atoms with E-state index in [0.29, 0.717) is 18.1 Å². The summed E-state index contributed by atoms with van der Waals surface area (Å²) in [5, 5.41) is 12.5. The fourth-order valence-electron chi connectivity index (χ4n) is 2.52. The molecule has 3 atom stereocenters. The number of nitrogens with one attached hydrogen (secondary N) is 1. The summed E-state index contributed by atoms with van der Waals surface area (Å²) in [7, 11) is 0. The van der Waals surface area contributed by atoms with Gasteiger partial charge in [-0.1, -0.05) is 6.92 Å². The van der Waals surface area contributed by atoms with Crippen LogP contribution in [0.15, 0.2) is 0 Å². The molecule has 0 aromatic rings. The van der Waals surface area contributed by atoms with Crippen molar-refractivity contribution < 1.29 is 5.11 Å². The Morgan fingerprint density at radius 3 is 2.80 bits per heavy atom. The summed E-state index contributed by atoms with van der Waals surface area (Å²) in [6.45, 7) is 9.37. The van der Waals surface area contributed by atoms with E-state index in [1.54, 1.807) is 0 Å². The Hall–Kier alpha value is -0.120. The molecule has 1 aliphatic heterocycles. The lowest BCUT2D eigenvalue weighted by molar-refractivity contribution is 0.136. The molecule has 1 fully saturated rings. The number of rotatable bonds is 5. The summed E-state index contributed by atoms with van der Waals surface area (Å²) >= 11 is 0. The molecule has 3 heteroatoms. The predicted octanol–water partition coefficient (Wildman–Crippen LogP) is 1.22. The zero-order valence-corrected chi connectivity index (χ0v) is 10.4. The largest absolute Gasteiger partial charge is 0.396 e. The Labute approximate surface area is 93.9 Å². The summed E-state index contributed by atoms with van der Waals surface area (Å²) in [4.78, 5) is 2.54. The lowest BCUT2D eigenvalue weighted by Gasteiger charge is -2.38. The van der Waals surface area contributed by atoms with Gasteiger partial charge in [-0.15, -0.1) is 0 Å². The number of aliphatic hydroxyl groups excluding tert-OH is 1. The Kier molecular flexibility index (Phi) is 5.58. The Bertz CT molecular complexity index is 173. The van der Waals surface area contributed by atoms with Crippen LogP contribution >= 0.6 is 0 Å². The van der Waals surface area contributed by atoms with Crippen molar-refractivity contribution in [1.29, 1.82) is 0 Å². The van der Waals surface area contributed by atoms with Crippen LogP contribution in [0.25, 0.3) is 0 Å². The second kappa shape index (κ2) is 6.46. The first-order valence-electron chi connectivity index (χ1n) is 6.28. The molecule has 1 aliphatic rings. The molecule has 0 spiro atoms. The van der Waals surface area contributed by atoms with Gasteiger partial charge in [0.25, 0.3) is 0 Å². The topological polar surface area (TPSA) is 35.5 Å². The van der Waals surface area contributed by atoms with Crippen LogP contribution in [0.1, 0.15) is 40.0 Å². The highest BCUT2D eigenvalue weighted by Gasteiger charge is 2.24. The minimum Gasteiger partial charge on any atom is -0.396 e. The molecule has 15 heavy (non-hydrogen) atoms. The molecule has 3 nitrogen and oxygen atoms in total. The van der Waals surface area contributed by atoms with Crippen molar-refractivity contribution in [1.82, 2.24) is 10.2 Å². The molecule has 0 aromatic carbocycles. The fourth-order valence-corrected chi connectivity index (χ4v) is 2.52. The Morgan fingerprint density at radius 1 is 1.53 bits per heavy atom. The molecular weight excluding hydrogens is 188 g/mol. The zero-order valence-electron chi connectivity index (χ0n) is 10.4. The summed E-state index contributed by atoms with van der Waals surface area (Å²) in [5.74, 6) is 0. The van der Waals surface area contributed by atoms with E-state index in [-0.39, 0.29) is 6.61 Å². The van der Waals surface area contributed by atoms with Crippen LogP contribution in [0.2, 0.25) is 0 Å². The van der Waals surface area contributed by atoms with E-state index in [9.17, 15) is 0 Å². The van der Waals surface area contributed by atoms with E-state index >= 15 is 0 Å². The highest BCUT2D eigenvalue weighted by Crippen LogP contribution is 2.17. The molecule has 0 radical (unpaired) electrons. The molecule has 0 saturated carbocycles. The number of piperidine rings is 1. The first-order chi connectivity index (χ1) is 7.17. The van der Waals surface area contributed by atoms with Crippen molar-refractivity contribution in [3.05, 3.63) is 0 Å². The second-order valence-electron chi connectivity index (χ2n) is 4.78. The van der Waals surface area contributed by atoms with Gasteiger partial charge in [0.1, 0.15) is 0 Å². The van der Waals surface area contributed by atoms with Crippen LogP contribution in [0.3, 0.4) is 0 Å². The highest BCUT2D eigenvalue weighted by molar-refractivity contribution is 4.83. The van der Waals surface area contributed by atoms with E-state index in [2.05, 4.69) is 31.0 Å². The lowest BCUT2D eigenvalue weighted by atomic mass is 9.97. The number of aliphatic hydroxyl groups is 1. The minimum absolute atomic E-state index is 0.289. The van der Waals surface area contributed by atoms with Crippen molar-refractivity contribution in [3.63, 3.8) is 0 Å². The van der Waals surface area contributed by atoms with Gasteiger partial charge in [-0.2, -0.15) is 0 Å². The third-order valence-electron chi connectivity index (χ3n) is 3.50. The summed E-state index contributed by atoms with van der Waals surface area (Å²) in [6, 6.07) is 1.78. The molecule has 1 saturated heterocycles. The molecule has 0 bridgehead atoms. The van der Waals surface area contributed by atoms with Crippen molar-refractivity contribution >= 4 is 0 Å². The zero-order chi connectivity index (χ0) is 11.3. The number of hydrogen-bond donors (Lipinski definition) is 2. The van der Waals surface area contributed by atoms with Crippen molar-refractivity contribution in [2.45, 2.75) is 58.2 Å². The van der Waals surface area contributed by atoms with Crippen LogP contribution in [-0.4, -0.2) is 47.8 Å². The van der Waals surface area contributed by atoms with Gasteiger partial charge in [-0.05, 0) is 46.2 Å². The van der Waals surface area contributed by atoms with Crippen LogP contribution in [0.5, 0.6) is 0 Å². The molecule has 90 valence electrons. The second-order valence-corrected chi connectivity index (χ2v) is 4.78. The average Bonchev–Trinajstić information content (AvgIpc) is 2.18. The van der Waals surface area contributed by atoms with Crippen LogP contribution in [0.4, 0.5) is 0 Å². The smallest absolute Gasteiger partial charge is 0.0445 e. The molecule has 1 heterocycles. The van der Waals surface area contributed by atoms with Gasteiger partial charge >= 0.3 is 0 Å². The maximum atomic E-state index is 8.85. The predicted molar refractivity (Wildman–Crippen MR) is 64.0 cm³/mol. The third-order valence-corrected chi connectivity index (χ3v) is 3.50. The SMILES string of the molecule is CCN1CCC(N[C@H](C)CCO)CC1C. The molecule has 2 unspecified atom stereocenters.